The van der Waals surface area contributed by atoms with Crippen molar-refractivity contribution in [3.8, 4) is 5.69 Å². The van der Waals surface area contributed by atoms with Crippen molar-refractivity contribution >= 4 is 56.6 Å². The van der Waals surface area contributed by atoms with Gasteiger partial charge in [0.15, 0.2) is 5.16 Å². The van der Waals surface area contributed by atoms with Crippen LogP contribution in [0.5, 0.6) is 0 Å². The standard InChI is InChI=1S/C26H18ClN3O2S/c27-19-10-13-21(14-11-19)30-25(32)22-7-3-4-8-23(22)29-26(30)33-16-24(31)28-20-12-9-17-5-1-2-6-18(17)15-20/h1-15H,16H2,(H,28,31). The molecule has 0 aliphatic rings. The van der Waals surface area contributed by atoms with Gasteiger partial charge in [-0.1, -0.05) is 65.8 Å². The number of aromatic nitrogens is 2. The molecule has 1 amide bonds. The normalized spacial score (nSPS) is 11.1. The third-order valence-corrected chi connectivity index (χ3v) is 6.39. The molecule has 0 fully saturated rings. The molecule has 0 saturated heterocycles. The summed E-state index contributed by atoms with van der Waals surface area (Å²) < 4.78 is 1.52. The highest BCUT2D eigenvalue weighted by atomic mass is 35.5. The number of para-hydroxylation sites is 1. The van der Waals surface area contributed by atoms with E-state index in [2.05, 4.69) is 10.3 Å². The van der Waals surface area contributed by atoms with Crippen molar-refractivity contribution in [3.63, 3.8) is 0 Å². The fraction of sp³-hybridized carbons (Fsp3) is 0.0385. The van der Waals surface area contributed by atoms with Crippen LogP contribution in [0.15, 0.2) is 101 Å². The number of fused-ring (bicyclic) bond motifs is 2. The minimum atomic E-state index is -0.194. The third-order valence-electron chi connectivity index (χ3n) is 5.20. The Morgan fingerprint density at radius 2 is 1.64 bits per heavy atom. The van der Waals surface area contributed by atoms with Gasteiger partial charge in [-0.3, -0.25) is 14.2 Å². The largest absolute Gasteiger partial charge is 0.325 e. The number of hydrogen-bond donors (Lipinski definition) is 1. The fourth-order valence-electron chi connectivity index (χ4n) is 3.62. The van der Waals surface area contributed by atoms with Crippen molar-refractivity contribution in [1.29, 1.82) is 0 Å². The summed E-state index contributed by atoms with van der Waals surface area (Å²) in [7, 11) is 0. The number of amides is 1. The van der Waals surface area contributed by atoms with Crippen LogP contribution in [0.3, 0.4) is 0 Å². The van der Waals surface area contributed by atoms with Gasteiger partial charge in [0, 0.05) is 10.7 Å². The van der Waals surface area contributed by atoms with Crippen LogP contribution >= 0.6 is 23.4 Å². The van der Waals surface area contributed by atoms with Gasteiger partial charge in [0.05, 0.1) is 22.3 Å². The Morgan fingerprint density at radius 3 is 2.45 bits per heavy atom. The monoisotopic (exact) mass is 471 g/mol. The van der Waals surface area contributed by atoms with E-state index in [1.165, 1.54) is 16.3 Å². The van der Waals surface area contributed by atoms with Gasteiger partial charge >= 0.3 is 0 Å². The highest BCUT2D eigenvalue weighted by Crippen LogP contribution is 2.23. The first-order valence-corrected chi connectivity index (χ1v) is 11.6. The van der Waals surface area contributed by atoms with Gasteiger partial charge in [0.25, 0.3) is 5.56 Å². The number of thioether (sulfide) groups is 1. The molecule has 5 aromatic rings. The highest BCUT2D eigenvalue weighted by Gasteiger charge is 2.15. The van der Waals surface area contributed by atoms with Crippen LogP contribution in [-0.2, 0) is 4.79 Å². The number of hydrogen-bond acceptors (Lipinski definition) is 4. The van der Waals surface area contributed by atoms with Crippen LogP contribution in [0, 0.1) is 0 Å². The lowest BCUT2D eigenvalue weighted by atomic mass is 10.1. The molecule has 0 atom stereocenters. The van der Waals surface area contributed by atoms with E-state index in [1.54, 1.807) is 42.5 Å². The summed E-state index contributed by atoms with van der Waals surface area (Å²) in [6.07, 6.45) is 0. The molecule has 0 spiro atoms. The molecule has 0 saturated carbocycles. The number of nitrogens with zero attached hydrogens (tertiary/aromatic N) is 2. The van der Waals surface area contributed by atoms with Gasteiger partial charge in [-0.05, 0) is 59.3 Å². The average molecular weight is 472 g/mol. The van der Waals surface area contributed by atoms with Crippen LogP contribution < -0.4 is 10.9 Å². The zero-order valence-electron chi connectivity index (χ0n) is 17.4. The number of carbonyl (C=O) groups is 1. The van der Waals surface area contributed by atoms with Crippen LogP contribution in [0.4, 0.5) is 5.69 Å². The second-order valence-electron chi connectivity index (χ2n) is 7.43. The Balaban J connectivity index is 1.43. The van der Waals surface area contributed by atoms with E-state index in [0.29, 0.717) is 26.8 Å². The van der Waals surface area contributed by atoms with Gasteiger partial charge in [0.1, 0.15) is 0 Å². The molecule has 5 nitrogen and oxygen atoms in total. The molecule has 0 bridgehead atoms. The summed E-state index contributed by atoms with van der Waals surface area (Å²) in [6, 6.07) is 27.9. The van der Waals surface area contributed by atoms with Crippen molar-refractivity contribution in [2.24, 2.45) is 0 Å². The van der Waals surface area contributed by atoms with Gasteiger partial charge in [-0.2, -0.15) is 0 Å². The number of nitrogens with one attached hydrogen (secondary N) is 1. The van der Waals surface area contributed by atoms with Crippen molar-refractivity contribution in [3.05, 3.63) is 106 Å². The third kappa shape index (κ3) is 4.49. The summed E-state index contributed by atoms with van der Waals surface area (Å²) in [4.78, 5) is 30.6. The number of halogens is 1. The summed E-state index contributed by atoms with van der Waals surface area (Å²) in [5.74, 6) is -0.0779. The Labute approximate surface area is 199 Å². The maximum Gasteiger partial charge on any atom is 0.266 e. The molecule has 0 unspecified atom stereocenters. The van der Waals surface area contributed by atoms with Crippen molar-refractivity contribution < 1.29 is 4.79 Å². The first kappa shape index (κ1) is 21.2. The maximum absolute atomic E-state index is 13.3. The lowest BCUT2D eigenvalue weighted by Gasteiger charge is -2.13. The molecule has 4 aromatic carbocycles. The number of benzene rings is 4. The van der Waals surface area contributed by atoms with Crippen LogP contribution in [0.25, 0.3) is 27.4 Å². The molecule has 1 N–H and O–H groups in total. The first-order valence-electron chi connectivity index (χ1n) is 10.3. The molecule has 1 heterocycles. The van der Waals surface area contributed by atoms with Crippen LogP contribution in [-0.4, -0.2) is 21.2 Å². The topological polar surface area (TPSA) is 64.0 Å². The molecule has 7 heteroatoms. The van der Waals surface area contributed by atoms with Gasteiger partial charge < -0.3 is 5.32 Å². The molecular formula is C26H18ClN3O2S. The maximum atomic E-state index is 13.3. The van der Waals surface area contributed by atoms with Crippen molar-refractivity contribution in [1.82, 2.24) is 9.55 Å². The van der Waals surface area contributed by atoms with E-state index in [-0.39, 0.29) is 17.2 Å². The fourth-order valence-corrected chi connectivity index (χ4v) is 4.56. The Bertz CT molecular complexity index is 1550. The molecular weight excluding hydrogens is 454 g/mol. The lowest BCUT2D eigenvalue weighted by molar-refractivity contribution is -0.113. The molecule has 0 aliphatic carbocycles. The van der Waals surface area contributed by atoms with E-state index in [4.69, 9.17) is 11.6 Å². The van der Waals surface area contributed by atoms with E-state index >= 15 is 0 Å². The Hall–Kier alpha value is -3.61. The second-order valence-corrected chi connectivity index (χ2v) is 8.81. The number of anilines is 1. The van der Waals surface area contributed by atoms with Crippen molar-refractivity contribution in [2.45, 2.75) is 5.16 Å². The Kier molecular flexibility index (Phi) is 5.86. The van der Waals surface area contributed by atoms with E-state index < -0.39 is 0 Å². The molecule has 0 radical (unpaired) electrons. The molecule has 162 valence electrons. The van der Waals surface area contributed by atoms with Crippen molar-refractivity contribution in [2.75, 3.05) is 11.1 Å². The molecule has 33 heavy (non-hydrogen) atoms. The summed E-state index contributed by atoms with van der Waals surface area (Å²) in [5.41, 5.74) is 1.76. The highest BCUT2D eigenvalue weighted by molar-refractivity contribution is 7.99. The first-order chi connectivity index (χ1) is 16.1. The average Bonchev–Trinajstić information content (AvgIpc) is 2.84. The predicted octanol–water partition coefficient (Wildman–Crippen LogP) is 5.92. The second kappa shape index (κ2) is 9.10. The number of rotatable bonds is 5. The SMILES string of the molecule is O=C(CSc1nc2ccccc2c(=O)n1-c1ccc(Cl)cc1)Nc1ccc2ccccc2c1. The lowest BCUT2D eigenvalue weighted by Crippen LogP contribution is -2.23. The number of carbonyl (C=O) groups excluding carboxylic acids is 1. The zero-order chi connectivity index (χ0) is 22.8. The summed E-state index contributed by atoms with van der Waals surface area (Å²) in [6.45, 7) is 0. The minimum Gasteiger partial charge on any atom is -0.325 e. The zero-order valence-corrected chi connectivity index (χ0v) is 18.9. The minimum absolute atomic E-state index is 0.102. The van der Waals surface area contributed by atoms with Crippen LogP contribution in [0.1, 0.15) is 0 Å². The Morgan fingerprint density at radius 1 is 0.909 bits per heavy atom. The molecule has 0 aliphatic heterocycles. The van der Waals surface area contributed by atoms with Gasteiger partial charge in [-0.25, -0.2) is 4.98 Å². The van der Waals surface area contributed by atoms with E-state index in [9.17, 15) is 9.59 Å². The summed E-state index contributed by atoms with van der Waals surface area (Å²) in [5, 5.41) is 6.62. The van der Waals surface area contributed by atoms with Gasteiger partial charge in [-0.15, -0.1) is 0 Å². The van der Waals surface area contributed by atoms with Gasteiger partial charge in [0.2, 0.25) is 5.91 Å². The molecule has 5 rings (SSSR count). The molecule has 1 aromatic heterocycles. The predicted molar refractivity (Wildman–Crippen MR) is 136 cm³/mol. The van der Waals surface area contributed by atoms with E-state index in [1.807, 2.05) is 48.5 Å². The van der Waals surface area contributed by atoms with Crippen LogP contribution in [0.2, 0.25) is 5.02 Å². The van der Waals surface area contributed by atoms with E-state index in [0.717, 1.165) is 16.5 Å². The quantitative estimate of drug-likeness (QED) is 0.255. The summed E-state index contributed by atoms with van der Waals surface area (Å²) >= 11 is 7.24. The smallest absolute Gasteiger partial charge is 0.266 e.